The Hall–Kier alpha value is -0.600. The SMILES string of the molecule is COC(C)c1ccc(Cl)nc1. The summed E-state index contributed by atoms with van der Waals surface area (Å²) >= 11 is 5.61. The number of pyridine rings is 1. The zero-order valence-corrected chi connectivity index (χ0v) is 7.30. The third kappa shape index (κ3) is 2.17. The summed E-state index contributed by atoms with van der Waals surface area (Å²) in [5.74, 6) is 0. The minimum Gasteiger partial charge on any atom is -0.377 e. The second kappa shape index (κ2) is 3.69. The maximum Gasteiger partial charge on any atom is 0.129 e. The van der Waals surface area contributed by atoms with Crippen LogP contribution in [0, 0.1) is 0 Å². The first-order valence-electron chi connectivity index (χ1n) is 3.38. The Bertz CT molecular complexity index is 222. The number of halogens is 1. The first-order chi connectivity index (χ1) is 5.24. The lowest BCUT2D eigenvalue weighted by Gasteiger charge is -2.07. The van der Waals surface area contributed by atoms with E-state index in [2.05, 4.69) is 4.98 Å². The van der Waals surface area contributed by atoms with Gasteiger partial charge in [0.25, 0.3) is 0 Å². The van der Waals surface area contributed by atoms with Crippen molar-refractivity contribution in [2.24, 2.45) is 0 Å². The lowest BCUT2D eigenvalue weighted by atomic mass is 10.2. The van der Waals surface area contributed by atoms with Crippen LogP contribution in [-0.2, 0) is 4.74 Å². The molecule has 0 aliphatic carbocycles. The molecule has 0 radical (unpaired) electrons. The summed E-state index contributed by atoms with van der Waals surface area (Å²) < 4.78 is 5.09. The van der Waals surface area contributed by atoms with Crippen molar-refractivity contribution in [1.82, 2.24) is 4.98 Å². The van der Waals surface area contributed by atoms with Crippen LogP contribution in [0.3, 0.4) is 0 Å². The third-order valence-electron chi connectivity index (χ3n) is 1.57. The molecule has 0 bridgehead atoms. The quantitative estimate of drug-likeness (QED) is 0.638. The predicted octanol–water partition coefficient (Wildman–Crippen LogP) is 2.44. The van der Waals surface area contributed by atoms with Crippen LogP contribution in [0.4, 0.5) is 0 Å². The molecule has 0 N–H and O–H groups in total. The van der Waals surface area contributed by atoms with Gasteiger partial charge in [-0.3, -0.25) is 0 Å². The Balaban J connectivity index is 2.81. The van der Waals surface area contributed by atoms with Gasteiger partial charge < -0.3 is 4.74 Å². The van der Waals surface area contributed by atoms with E-state index in [0.717, 1.165) is 5.56 Å². The van der Waals surface area contributed by atoms with Crippen molar-refractivity contribution in [3.05, 3.63) is 29.0 Å². The molecule has 1 aromatic heterocycles. The highest BCUT2D eigenvalue weighted by atomic mass is 35.5. The van der Waals surface area contributed by atoms with Crippen molar-refractivity contribution in [2.45, 2.75) is 13.0 Å². The molecule has 1 aromatic rings. The molecule has 0 aliphatic rings. The molecular weight excluding hydrogens is 162 g/mol. The van der Waals surface area contributed by atoms with Crippen molar-refractivity contribution >= 4 is 11.6 Å². The third-order valence-corrected chi connectivity index (χ3v) is 1.80. The van der Waals surface area contributed by atoms with Crippen LogP contribution in [-0.4, -0.2) is 12.1 Å². The molecule has 1 heterocycles. The topological polar surface area (TPSA) is 22.1 Å². The number of methoxy groups -OCH3 is 1. The number of rotatable bonds is 2. The van der Waals surface area contributed by atoms with E-state index in [0.29, 0.717) is 5.15 Å². The van der Waals surface area contributed by atoms with Crippen LogP contribution >= 0.6 is 11.6 Å². The largest absolute Gasteiger partial charge is 0.377 e. The average molecular weight is 172 g/mol. The molecule has 11 heavy (non-hydrogen) atoms. The molecular formula is C8H10ClNO. The molecule has 0 fully saturated rings. The van der Waals surface area contributed by atoms with Crippen molar-refractivity contribution in [1.29, 1.82) is 0 Å². The number of aromatic nitrogens is 1. The van der Waals surface area contributed by atoms with Crippen molar-refractivity contribution < 1.29 is 4.74 Å². The molecule has 0 saturated carbocycles. The van der Waals surface area contributed by atoms with Gasteiger partial charge in [-0.15, -0.1) is 0 Å². The summed E-state index contributed by atoms with van der Waals surface area (Å²) in [4.78, 5) is 3.93. The van der Waals surface area contributed by atoms with Crippen LogP contribution in [0.1, 0.15) is 18.6 Å². The monoisotopic (exact) mass is 171 g/mol. The van der Waals surface area contributed by atoms with E-state index in [9.17, 15) is 0 Å². The van der Waals surface area contributed by atoms with Crippen molar-refractivity contribution in [3.63, 3.8) is 0 Å². The van der Waals surface area contributed by atoms with E-state index >= 15 is 0 Å². The maximum absolute atomic E-state index is 5.61. The summed E-state index contributed by atoms with van der Waals surface area (Å²) in [6.07, 6.45) is 1.80. The van der Waals surface area contributed by atoms with E-state index in [1.165, 1.54) is 0 Å². The minimum atomic E-state index is 0.0831. The summed E-state index contributed by atoms with van der Waals surface area (Å²) in [6, 6.07) is 3.66. The van der Waals surface area contributed by atoms with Crippen LogP contribution < -0.4 is 0 Å². The summed E-state index contributed by atoms with van der Waals surface area (Å²) in [6.45, 7) is 1.96. The molecule has 60 valence electrons. The number of nitrogens with zero attached hydrogens (tertiary/aromatic N) is 1. The van der Waals surface area contributed by atoms with Gasteiger partial charge in [-0.25, -0.2) is 4.98 Å². The Morgan fingerprint density at radius 1 is 1.55 bits per heavy atom. The van der Waals surface area contributed by atoms with Gasteiger partial charge in [0.1, 0.15) is 5.15 Å². The second-order valence-electron chi connectivity index (χ2n) is 2.29. The smallest absolute Gasteiger partial charge is 0.129 e. The number of hydrogen-bond acceptors (Lipinski definition) is 2. The highest BCUT2D eigenvalue weighted by molar-refractivity contribution is 6.29. The first-order valence-corrected chi connectivity index (χ1v) is 3.76. The number of ether oxygens (including phenoxy) is 1. The fourth-order valence-corrected chi connectivity index (χ4v) is 0.876. The second-order valence-corrected chi connectivity index (χ2v) is 2.68. The van der Waals surface area contributed by atoms with Gasteiger partial charge in [0.15, 0.2) is 0 Å². The maximum atomic E-state index is 5.61. The van der Waals surface area contributed by atoms with Crippen LogP contribution in [0.2, 0.25) is 5.15 Å². The van der Waals surface area contributed by atoms with E-state index in [1.807, 2.05) is 13.0 Å². The van der Waals surface area contributed by atoms with Gasteiger partial charge in [-0.05, 0) is 18.6 Å². The van der Waals surface area contributed by atoms with E-state index in [4.69, 9.17) is 16.3 Å². The lowest BCUT2D eigenvalue weighted by Crippen LogP contribution is -1.95. The zero-order valence-electron chi connectivity index (χ0n) is 6.54. The molecule has 2 nitrogen and oxygen atoms in total. The Labute approximate surface area is 71.2 Å². The molecule has 0 saturated heterocycles. The molecule has 3 heteroatoms. The molecule has 1 atom stereocenters. The Kier molecular flexibility index (Phi) is 2.85. The molecule has 0 aliphatic heterocycles. The van der Waals surface area contributed by atoms with Gasteiger partial charge in [-0.2, -0.15) is 0 Å². The van der Waals surface area contributed by atoms with Crippen molar-refractivity contribution in [3.8, 4) is 0 Å². The number of hydrogen-bond donors (Lipinski definition) is 0. The average Bonchev–Trinajstić information content (AvgIpc) is 2.05. The highest BCUT2D eigenvalue weighted by Crippen LogP contribution is 2.15. The van der Waals surface area contributed by atoms with Gasteiger partial charge in [0, 0.05) is 13.3 Å². The summed E-state index contributed by atoms with van der Waals surface area (Å²) in [5, 5.41) is 0.511. The molecule has 1 rings (SSSR count). The van der Waals surface area contributed by atoms with Gasteiger partial charge >= 0.3 is 0 Å². The van der Waals surface area contributed by atoms with Crippen molar-refractivity contribution in [2.75, 3.05) is 7.11 Å². The minimum absolute atomic E-state index is 0.0831. The fourth-order valence-electron chi connectivity index (χ4n) is 0.764. The molecule has 1 unspecified atom stereocenters. The molecule has 0 amide bonds. The molecule has 0 spiro atoms. The van der Waals surface area contributed by atoms with E-state index in [1.54, 1.807) is 19.4 Å². The van der Waals surface area contributed by atoms with Crippen LogP contribution in [0.25, 0.3) is 0 Å². The van der Waals surface area contributed by atoms with Gasteiger partial charge in [0.2, 0.25) is 0 Å². The normalized spacial score (nSPS) is 13.0. The molecule has 0 aromatic carbocycles. The van der Waals surface area contributed by atoms with E-state index < -0.39 is 0 Å². The van der Waals surface area contributed by atoms with Crippen LogP contribution in [0.5, 0.6) is 0 Å². The van der Waals surface area contributed by atoms with Crippen LogP contribution in [0.15, 0.2) is 18.3 Å². The fraction of sp³-hybridized carbons (Fsp3) is 0.375. The first kappa shape index (κ1) is 8.50. The predicted molar refractivity (Wildman–Crippen MR) is 44.7 cm³/mol. The summed E-state index contributed by atoms with van der Waals surface area (Å²) in [7, 11) is 1.67. The zero-order chi connectivity index (χ0) is 8.27. The van der Waals surface area contributed by atoms with Gasteiger partial charge in [-0.1, -0.05) is 17.7 Å². The highest BCUT2D eigenvalue weighted by Gasteiger charge is 2.02. The lowest BCUT2D eigenvalue weighted by molar-refractivity contribution is 0.119. The summed E-state index contributed by atoms with van der Waals surface area (Å²) in [5.41, 5.74) is 1.04. The van der Waals surface area contributed by atoms with E-state index in [-0.39, 0.29) is 6.10 Å². The van der Waals surface area contributed by atoms with Gasteiger partial charge in [0.05, 0.1) is 6.10 Å². The standard InChI is InChI=1S/C8H10ClNO/c1-6(11-2)7-3-4-8(9)10-5-7/h3-6H,1-2H3. The Morgan fingerprint density at radius 2 is 2.27 bits per heavy atom. The Morgan fingerprint density at radius 3 is 2.73 bits per heavy atom.